The molecule has 1 aliphatic heterocycles. The molecule has 0 amide bonds. The minimum Gasteiger partial charge on any atom is -0.468 e. The van der Waals surface area contributed by atoms with Crippen molar-refractivity contribution in [1.29, 1.82) is 0 Å². The van der Waals surface area contributed by atoms with Gasteiger partial charge in [-0.25, -0.2) is 0 Å². The maximum atomic E-state index is 12.0. The molecule has 1 saturated heterocycles. The average molecular weight is 266 g/mol. The number of esters is 1. The van der Waals surface area contributed by atoms with Gasteiger partial charge in [0.25, 0.3) is 0 Å². The van der Waals surface area contributed by atoms with E-state index in [0.29, 0.717) is 6.61 Å². The summed E-state index contributed by atoms with van der Waals surface area (Å²) in [4.78, 5) is 13.7. The van der Waals surface area contributed by atoms with E-state index >= 15 is 0 Å². The van der Waals surface area contributed by atoms with Crippen LogP contribution in [-0.2, 0) is 14.3 Å². The Morgan fingerprint density at radius 1 is 1.53 bits per heavy atom. The Balaban J connectivity index is 2.42. The van der Waals surface area contributed by atoms with E-state index in [0.717, 1.165) is 5.56 Å². The largest absolute Gasteiger partial charge is 0.468 e. The lowest BCUT2D eigenvalue weighted by Gasteiger charge is -2.37. The molecule has 1 aliphatic rings. The van der Waals surface area contributed by atoms with Crippen LogP contribution in [0.1, 0.15) is 33.7 Å². The number of carbonyl (C=O) groups is 1. The first-order valence-electron chi connectivity index (χ1n) is 6.87. The second kappa shape index (κ2) is 5.31. The highest BCUT2D eigenvalue weighted by Gasteiger charge is 2.46. The van der Waals surface area contributed by atoms with Gasteiger partial charge in [-0.2, -0.15) is 0 Å². The van der Waals surface area contributed by atoms with Gasteiger partial charge in [-0.3, -0.25) is 9.69 Å². The first-order chi connectivity index (χ1) is 9.30. The van der Waals surface area contributed by atoms with Gasteiger partial charge in [-0.05, 0) is 26.3 Å². The number of nitrogens with zero attached hydrogens (tertiary/aromatic N) is 1. The van der Waals surface area contributed by atoms with E-state index in [2.05, 4.69) is 0 Å². The molecule has 19 heavy (non-hydrogen) atoms. The molecule has 2 rings (SSSR count). The van der Waals surface area contributed by atoms with Crippen molar-refractivity contribution in [1.82, 2.24) is 4.90 Å². The summed E-state index contributed by atoms with van der Waals surface area (Å²) >= 11 is 0. The van der Waals surface area contributed by atoms with Crippen LogP contribution >= 0.6 is 0 Å². The fourth-order valence-corrected chi connectivity index (χ4v) is 2.61. The van der Waals surface area contributed by atoms with Gasteiger partial charge in [0.2, 0.25) is 0 Å². The molecule has 1 aromatic rings. The quantitative estimate of drug-likeness (QED) is 0.622. The van der Waals surface area contributed by atoms with Crippen LogP contribution in [0.2, 0.25) is 0 Å². The number of ether oxygens (including phenoxy) is 2. The number of benzene rings is 1. The van der Waals surface area contributed by atoms with Crippen LogP contribution < -0.4 is 0 Å². The predicted molar refractivity (Wildman–Crippen MR) is 72.5 cm³/mol. The minimum atomic E-state index is -1.50. The van der Waals surface area contributed by atoms with E-state index in [1.165, 1.54) is 7.11 Å². The van der Waals surface area contributed by atoms with Crippen molar-refractivity contribution in [3.05, 3.63) is 35.9 Å². The summed E-state index contributed by atoms with van der Waals surface area (Å²) in [7, 11) is 1.30. The zero-order valence-corrected chi connectivity index (χ0v) is 11.8. The van der Waals surface area contributed by atoms with Crippen LogP contribution in [0.4, 0.5) is 0 Å². The highest BCUT2D eigenvalue weighted by Crippen LogP contribution is 2.38. The Morgan fingerprint density at radius 2 is 2.16 bits per heavy atom. The lowest BCUT2D eigenvalue weighted by Crippen LogP contribution is -2.49. The monoisotopic (exact) mass is 266 g/mol. The van der Waals surface area contributed by atoms with Crippen molar-refractivity contribution in [2.45, 2.75) is 38.6 Å². The molecule has 0 aromatic heterocycles. The molecule has 0 bridgehead atoms. The van der Waals surface area contributed by atoms with Gasteiger partial charge >= 0.3 is 5.97 Å². The topological polar surface area (TPSA) is 38.8 Å². The molecule has 0 unspecified atom stereocenters. The minimum absolute atomic E-state index is 0.146. The van der Waals surface area contributed by atoms with Crippen LogP contribution in [-0.4, -0.2) is 36.3 Å². The third-order valence-electron chi connectivity index (χ3n) is 3.51. The van der Waals surface area contributed by atoms with E-state index in [4.69, 9.17) is 10.8 Å². The van der Waals surface area contributed by atoms with Gasteiger partial charge in [0, 0.05) is 0 Å². The second-order valence-electron chi connectivity index (χ2n) is 5.13. The number of hydrogen-bond acceptors (Lipinski definition) is 4. The molecule has 4 heteroatoms. The lowest BCUT2D eigenvalue weighted by molar-refractivity contribution is -0.154. The molecular weight excluding hydrogens is 244 g/mol. The van der Waals surface area contributed by atoms with E-state index in [1.54, 1.807) is 11.8 Å². The molecule has 1 aromatic carbocycles. The Bertz CT molecular complexity index is 487. The third kappa shape index (κ3) is 2.65. The van der Waals surface area contributed by atoms with E-state index in [1.807, 2.05) is 44.2 Å². The summed E-state index contributed by atoms with van der Waals surface area (Å²) in [6.07, 6.45) is 0. The van der Waals surface area contributed by atoms with Crippen LogP contribution in [0.5, 0.6) is 0 Å². The van der Waals surface area contributed by atoms with Crippen LogP contribution in [0.15, 0.2) is 30.3 Å². The van der Waals surface area contributed by atoms with Crippen molar-refractivity contribution < 1.29 is 15.6 Å². The summed E-state index contributed by atoms with van der Waals surface area (Å²) in [5.74, 6) is -0.586. The zero-order valence-electron chi connectivity index (χ0n) is 12.8. The van der Waals surface area contributed by atoms with Gasteiger partial charge in [-0.1, -0.05) is 30.3 Å². The molecule has 104 valence electrons. The Labute approximate surface area is 115 Å². The molecule has 0 saturated carbocycles. The molecule has 2 atom stereocenters. The molecular formula is C15H21NO3. The molecule has 0 radical (unpaired) electrons. The van der Waals surface area contributed by atoms with E-state index in [9.17, 15) is 4.79 Å². The zero-order chi connectivity index (χ0) is 15.0. The maximum Gasteiger partial charge on any atom is 0.322 e. The fourth-order valence-electron chi connectivity index (χ4n) is 2.61. The summed E-state index contributed by atoms with van der Waals surface area (Å²) in [6.45, 7) is 5.73. The maximum absolute atomic E-state index is 12.0. The van der Waals surface area contributed by atoms with Gasteiger partial charge in [0.15, 0.2) is 0 Å². The van der Waals surface area contributed by atoms with Crippen molar-refractivity contribution >= 4 is 5.97 Å². The van der Waals surface area contributed by atoms with Crippen LogP contribution in [0.3, 0.4) is 0 Å². The molecule has 4 nitrogen and oxygen atoms in total. The Morgan fingerprint density at radius 3 is 2.74 bits per heavy atom. The van der Waals surface area contributed by atoms with Crippen molar-refractivity contribution in [3.8, 4) is 0 Å². The number of hydrogen-bond donors (Lipinski definition) is 0. The summed E-state index contributed by atoms with van der Waals surface area (Å²) in [6, 6.07) is 8.14. The van der Waals surface area contributed by atoms with E-state index in [-0.39, 0.29) is 6.04 Å². The normalized spacial score (nSPS) is 26.5. The average Bonchev–Trinajstić information content (AvgIpc) is 2.75. The molecule has 1 fully saturated rings. The predicted octanol–water partition coefficient (Wildman–Crippen LogP) is 2.36. The molecule has 0 aliphatic carbocycles. The van der Waals surface area contributed by atoms with Crippen LogP contribution in [0, 0.1) is 0 Å². The highest BCUT2D eigenvalue weighted by molar-refractivity contribution is 5.75. The SMILES string of the molecule is [2H][13C@@](C)([13C](=O)OC)N1[C@@H](c2ccccc2)COC1(C)C. The third-order valence-corrected chi connectivity index (χ3v) is 3.51. The van der Waals surface area contributed by atoms with Gasteiger partial charge in [0.1, 0.15) is 11.7 Å². The van der Waals surface area contributed by atoms with Gasteiger partial charge < -0.3 is 9.47 Å². The van der Waals surface area contributed by atoms with E-state index < -0.39 is 17.7 Å². The number of methoxy groups -OCH3 is 1. The first-order valence-corrected chi connectivity index (χ1v) is 6.37. The summed E-state index contributed by atoms with van der Waals surface area (Å²) < 4.78 is 19.0. The highest BCUT2D eigenvalue weighted by atomic mass is 16.6. The Hall–Kier alpha value is -1.39. The van der Waals surface area contributed by atoms with Crippen molar-refractivity contribution in [2.75, 3.05) is 13.7 Å². The summed E-state index contributed by atoms with van der Waals surface area (Å²) in [5.41, 5.74) is 0.325. The Kier molecular flexibility index (Phi) is 3.53. The van der Waals surface area contributed by atoms with Crippen molar-refractivity contribution in [3.63, 3.8) is 0 Å². The molecule has 0 N–H and O–H groups in total. The lowest BCUT2D eigenvalue weighted by atomic mass is 10.1. The van der Waals surface area contributed by atoms with Crippen molar-refractivity contribution in [2.24, 2.45) is 0 Å². The summed E-state index contributed by atoms with van der Waals surface area (Å²) in [5, 5.41) is 0. The second-order valence-corrected chi connectivity index (χ2v) is 5.13. The smallest absolute Gasteiger partial charge is 0.322 e. The first kappa shape index (κ1) is 12.6. The van der Waals surface area contributed by atoms with Crippen LogP contribution in [0.25, 0.3) is 0 Å². The molecule has 0 spiro atoms. The molecule has 1 heterocycles. The standard InChI is InChI=1S/C15H21NO3/c1-11(14(17)18-4)16-13(10-19-15(16,2)3)12-8-6-5-7-9-12/h5-9,11,13H,10H2,1-4H3/t11-,13-/m1/s1/i11+1D,14+1. The number of carbonyl (C=O) groups excluding carboxylic acids is 1. The van der Waals surface area contributed by atoms with Gasteiger partial charge in [-0.15, -0.1) is 0 Å². The number of rotatable bonds is 3. The fraction of sp³-hybridized carbons (Fsp3) is 0.533. The van der Waals surface area contributed by atoms with Gasteiger partial charge in [0.05, 0.1) is 21.1 Å².